The van der Waals surface area contributed by atoms with Crippen LogP contribution in [-0.2, 0) is 14.9 Å². The predicted molar refractivity (Wildman–Crippen MR) is 69.9 cm³/mol. The second kappa shape index (κ2) is 5.52. The Morgan fingerprint density at radius 1 is 1.27 bits per heavy atom. The molecule has 0 atom stereocenters. The van der Waals surface area contributed by atoms with E-state index in [0.717, 1.165) is 12.1 Å². The Kier molecular flexibility index (Phi) is 4.05. The first kappa shape index (κ1) is 16.1. The Morgan fingerprint density at radius 3 is 2.55 bits per heavy atom. The quantitative estimate of drug-likeness (QED) is 0.526. The van der Waals surface area contributed by atoms with Gasteiger partial charge in [-0.2, -0.15) is 21.6 Å². The van der Waals surface area contributed by atoms with Gasteiger partial charge in [-0.1, -0.05) is 0 Å². The van der Waals surface area contributed by atoms with E-state index >= 15 is 0 Å². The van der Waals surface area contributed by atoms with Crippen molar-refractivity contribution in [1.82, 2.24) is 4.98 Å². The molecule has 0 aliphatic rings. The Labute approximate surface area is 123 Å². The number of H-pyrrole nitrogens is 1. The summed E-state index contributed by atoms with van der Waals surface area (Å²) in [5.41, 5.74) is -5.01. The van der Waals surface area contributed by atoms with Gasteiger partial charge in [-0.3, -0.25) is 0 Å². The maximum Gasteiger partial charge on any atom is 0.534 e. The van der Waals surface area contributed by atoms with E-state index in [4.69, 9.17) is 4.74 Å². The summed E-state index contributed by atoms with van der Waals surface area (Å²) < 4.78 is 67.4. The molecule has 6 nitrogen and oxygen atoms in total. The van der Waals surface area contributed by atoms with E-state index < -0.39 is 27.3 Å². The lowest BCUT2D eigenvalue weighted by molar-refractivity contribution is -0.0500. The van der Waals surface area contributed by atoms with Gasteiger partial charge in [0.05, 0.1) is 6.61 Å². The van der Waals surface area contributed by atoms with Crippen molar-refractivity contribution in [3.8, 4) is 5.75 Å². The lowest BCUT2D eigenvalue weighted by atomic mass is 10.2. The van der Waals surface area contributed by atoms with Gasteiger partial charge in [0.2, 0.25) is 0 Å². The Morgan fingerprint density at radius 2 is 1.95 bits per heavy atom. The molecule has 0 saturated heterocycles. The standard InChI is InChI=1S/C12H10F3NO5S/c1-2-20-11(17)10-6-7-5-8(3-4-9(7)16-10)21-22(18,19)12(13,14)15/h3-6,16H,2H2,1H3. The van der Waals surface area contributed by atoms with E-state index in [-0.39, 0.29) is 12.3 Å². The number of ether oxygens (including phenoxy) is 1. The molecule has 0 fully saturated rings. The van der Waals surface area contributed by atoms with Gasteiger partial charge in [-0.05, 0) is 31.2 Å². The zero-order valence-corrected chi connectivity index (χ0v) is 11.9. The van der Waals surface area contributed by atoms with Crippen molar-refractivity contribution in [3.63, 3.8) is 0 Å². The molecule has 2 aromatic rings. The molecule has 1 aromatic heterocycles. The summed E-state index contributed by atoms with van der Waals surface area (Å²) in [5.74, 6) is -1.15. The molecule has 0 saturated carbocycles. The number of carbonyl (C=O) groups excluding carboxylic acids is 1. The fourth-order valence-electron chi connectivity index (χ4n) is 1.66. The first-order valence-electron chi connectivity index (χ1n) is 5.94. The van der Waals surface area contributed by atoms with Crippen LogP contribution in [0.25, 0.3) is 10.9 Å². The maximum atomic E-state index is 12.2. The number of alkyl halides is 3. The average molecular weight is 337 g/mol. The smallest absolute Gasteiger partial charge is 0.461 e. The molecule has 22 heavy (non-hydrogen) atoms. The lowest BCUT2D eigenvalue weighted by Gasteiger charge is -2.09. The first-order chi connectivity index (χ1) is 10.1. The molecule has 0 amide bonds. The SMILES string of the molecule is CCOC(=O)c1cc2cc(OS(=O)(=O)C(F)(F)F)ccc2[nH]1. The fraction of sp³-hybridized carbons (Fsp3) is 0.250. The number of hydrogen-bond donors (Lipinski definition) is 1. The summed E-state index contributed by atoms with van der Waals surface area (Å²) in [6.45, 7) is 1.78. The Balaban J connectivity index is 2.33. The van der Waals surface area contributed by atoms with Gasteiger partial charge in [-0.15, -0.1) is 0 Å². The highest BCUT2D eigenvalue weighted by atomic mass is 32.2. The molecule has 1 heterocycles. The van der Waals surface area contributed by atoms with Crippen LogP contribution in [0.2, 0.25) is 0 Å². The van der Waals surface area contributed by atoms with Crippen molar-refractivity contribution >= 4 is 27.0 Å². The molecule has 2 rings (SSSR count). The van der Waals surface area contributed by atoms with E-state index in [1.807, 2.05) is 0 Å². The number of fused-ring (bicyclic) bond motifs is 1. The van der Waals surface area contributed by atoms with Crippen molar-refractivity contribution in [2.75, 3.05) is 6.61 Å². The number of hydrogen-bond acceptors (Lipinski definition) is 5. The minimum Gasteiger partial charge on any atom is -0.461 e. The zero-order valence-electron chi connectivity index (χ0n) is 11.1. The normalized spacial score (nSPS) is 12.4. The summed E-state index contributed by atoms with van der Waals surface area (Å²) in [4.78, 5) is 14.2. The van der Waals surface area contributed by atoms with Gasteiger partial charge in [0.15, 0.2) is 0 Å². The number of aromatic amines is 1. The summed E-state index contributed by atoms with van der Waals surface area (Å²) in [7, 11) is -5.74. The van der Waals surface area contributed by atoms with E-state index in [1.165, 1.54) is 12.1 Å². The molecule has 0 aliphatic heterocycles. The molecule has 120 valence electrons. The molecular weight excluding hydrogens is 327 g/mol. The van der Waals surface area contributed by atoms with Crippen LogP contribution in [0, 0.1) is 0 Å². The fourth-order valence-corrected chi connectivity index (χ4v) is 2.11. The maximum absolute atomic E-state index is 12.2. The third kappa shape index (κ3) is 3.16. The van der Waals surface area contributed by atoms with Gasteiger partial charge >= 0.3 is 21.6 Å². The van der Waals surface area contributed by atoms with Crippen LogP contribution in [0.4, 0.5) is 13.2 Å². The third-order valence-electron chi connectivity index (χ3n) is 2.58. The van der Waals surface area contributed by atoms with Crippen molar-refractivity contribution in [1.29, 1.82) is 0 Å². The van der Waals surface area contributed by atoms with E-state index in [9.17, 15) is 26.4 Å². The number of benzene rings is 1. The van der Waals surface area contributed by atoms with Crippen LogP contribution in [0.15, 0.2) is 24.3 Å². The highest BCUT2D eigenvalue weighted by molar-refractivity contribution is 7.88. The van der Waals surface area contributed by atoms with Crippen LogP contribution in [0.3, 0.4) is 0 Å². The molecule has 0 bridgehead atoms. The largest absolute Gasteiger partial charge is 0.534 e. The molecule has 0 radical (unpaired) electrons. The molecule has 1 N–H and O–H groups in total. The summed E-state index contributed by atoms with van der Waals surface area (Å²) in [5, 5.41) is 0.304. The van der Waals surface area contributed by atoms with Gasteiger partial charge in [0.1, 0.15) is 11.4 Å². The second-order valence-corrected chi connectivity index (χ2v) is 5.67. The van der Waals surface area contributed by atoms with Gasteiger partial charge < -0.3 is 13.9 Å². The minimum absolute atomic E-state index is 0.0904. The minimum atomic E-state index is -5.74. The van der Waals surface area contributed by atoms with Crippen LogP contribution in [0.5, 0.6) is 5.75 Å². The van der Waals surface area contributed by atoms with Gasteiger partial charge in [-0.25, -0.2) is 4.79 Å². The van der Waals surface area contributed by atoms with Crippen LogP contribution in [-0.4, -0.2) is 31.5 Å². The first-order valence-corrected chi connectivity index (χ1v) is 7.35. The number of nitrogens with one attached hydrogen (secondary N) is 1. The number of halogens is 3. The van der Waals surface area contributed by atoms with Crippen LogP contribution in [0.1, 0.15) is 17.4 Å². The lowest BCUT2D eigenvalue weighted by Crippen LogP contribution is -2.28. The molecule has 0 unspecified atom stereocenters. The summed E-state index contributed by atoms with van der Waals surface area (Å²) >= 11 is 0. The Bertz CT molecular complexity index is 810. The van der Waals surface area contributed by atoms with Gasteiger partial charge in [0, 0.05) is 10.9 Å². The van der Waals surface area contributed by atoms with Crippen molar-refractivity contribution < 1.29 is 35.3 Å². The zero-order chi connectivity index (χ0) is 16.5. The molecular formula is C12H10F3NO5S. The molecule has 1 aromatic carbocycles. The number of aromatic nitrogens is 1. The van der Waals surface area contributed by atoms with E-state index in [1.54, 1.807) is 6.92 Å². The van der Waals surface area contributed by atoms with Crippen molar-refractivity contribution in [3.05, 3.63) is 30.0 Å². The van der Waals surface area contributed by atoms with Crippen LogP contribution < -0.4 is 4.18 Å². The third-order valence-corrected chi connectivity index (χ3v) is 3.56. The molecule has 10 heteroatoms. The summed E-state index contributed by atoms with van der Waals surface area (Å²) in [6.07, 6.45) is 0. The number of rotatable bonds is 4. The average Bonchev–Trinajstić information content (AvgIpc) is 2.80. The Hall–Kier alpha value is -2.23. The number of carbonyl (C=O) groups is 1. The van der Waals surface area contributed by atoms with E-state index in [2.05, 4.69) is 9.17 Å². The predicted octanol–water partition coefficient (Wildman–Crippen LogP) is 2.57. The van der Waals surface area contributed by atoms with Crippen molar-refractivity contribution in [2.24, 2.45) is 0 Å². The molecule has 0 spiro atoms. The topological polar surface area (TPSA) is 85.5 Å². The van der Waals surface area contributed by atoms with Crippen LogP contribution >= 0.6 is 0 Å². The van der Waals surface area contributed by atoms with E-state index in [0.29, 0.717) is 10.9 Å². The van der Waals surface area contributed by atoms with Gasteiger partial charge in [0.25, 0.3) is 0 Å². The number of esters is 1. The summed E-state index contributed by atoms with van der Waals surface area (Å²) in [6, 6.07) is 4.72. The van der Waals surface area contributed by atoms with Crippen molar-refractivity contribution in [2.45, 2.75) is 12.4 Å². The molecule has 0 aliphatic carbocycles. The monoisotopic (exact) mass is 337 g/mol. The highest BCUT2D eigenvalue weighted by Crippen LogP contribution is 2.29. The second-order valence-electron chi connectivity index (χ2n) is 4.14. The highest BCUT2D eigenvalue weighted by Gasteiger charge is 2.48.